The van der Waals surface area contributed by atoms with Crippen LogP contribution in [0.2, 0.25) is 5.02 Å². The van der Waals surface area contributed by atoms with Gasteiger partial charge in [-0.15, -0.1) is 24.5 Å². The van der Waals surface area contributed by atoms with Gasteiger partial charge in [-0.3, -0.25) is 10.1 Å². The van der Waals surface area contributed by atoms with E-state index in [-0.39, 0.29) is 5.56 Å². The summed E-state index contributed by atoms with van der Waals surface area (Å²) in [5, 5.41) is 5.23. The molecule has 4 nitrogen and oxygen atoms in total. The Morgan fingerprint density at radius 2 is 1.81 bits per heavy atom. The van der Waals surface area contributed by atoms with Gasteiger partial charge in [-0.25, -0.2) is 4.98 Å². The molecule has 1 N–H and O–H groups in total. The number of hydrogen-bond donors (Lipinski definition) is 1. The van der Waals surface area contributed by atoms with Gasteiger partial charge in [0.15, 0.2) is 5.13 Å². The molecule has 3 rings (SSSR count). The van der Waals surface area contributed by atoms with Gasteiger partial charge in [0, 0.05) is 21.5 Å². The van der Waals surface area contributed by atoms with Gasteiger partial charge in [-0.05, 0) is 30.3 Å². The van der Waals surface area contributed by atoms with E-state index in [1.54, 1.807) is 17.5 Å². The van der Waals surface area contributed by atoms with E-state index >= 15 is 0 Å². The highest BCUT2D eigenvalue weighted by Crippen LogP contribution is 2.30. The fourth-order valence-corrected chi connectivity index (χ4v) is 3.04. The van der Waals surface area contributed by atoms with Crippen molar-refractivity contribution in [3.63, 3.8) is 0 Å². The molecule has 2 aromatic carbocycles. The van der Waals surface area contributed by atoms with E-state index in [9.17, 15) is 18.0 Å². The second-order valence-corrected chi connectivity index (χ2v) is 6.31. The Kier molecular flexibility index (Phi) is 5.15. The molecule has 0 aliphatic carbocycles. The Balaban J connectivity index is 1.70. The molecule has 0 atom stereocenters. The van der Waals surface area contributed by atoms with Crippen LogP contribution in [0.15, 0.2) is 53.9 Å². The Bertz CT molecular complexity index is 926. The van der Waals surface area contributed by atoms with E-state index in [1.807, 2.05) is 12.1 Å². The van der Waals surface area contributed by atoms with Gasteiger partial charge in [0.1, 0.15) is 5.75 Å². The zero-order chi connectivity index (χ0) is 18.7. The molecule has 1 amide bonds. The van der Waals surface area contributed by atoms with E-state index in [2.05, 4.69) is 15.0 Å². The van der Waals surface area contributed by atoms with Crippen LogP contribution in [0, 0.1) is 0 Å². The number of anilines is 1. The van der Waals surface area contributed by atoms with Crippen LogP contribution >= 0.6 is 22.9 Å². The molecule has 0 saturated carbocycles. The number of rotatable bonds is 4. The number of ether oxygens (including phenoxy) is 1. The summed E-state index contributed by atoms with van der Waals surface area (Å²) >= 11 is 7.33. The molecule has 0 bridgehead atoms. The SMILES string of the molecule is O=C(Nc1nc(-c2ccccc2Cl)cs1)c1ccc(OC(F)(F)F)cc1. The number of halogens is 4. The van der Waals surface area contributed by atoms with Crippen LogP contribution in [0.25, 0.3) is 11.3 Å². The van der Waals surface area contributed by atoms with Crippen molar-refractivity contribution in [2.75, 3.05) is 5.32 Å². The standard InChI is InChI=1S/C17H10ClF3N2O2S/c18-13-4-2-1-3-12(13)14-9-26-16(22-14)23-15(24)10-5-7-11(8-6-10)25-17(19,20)21/h1-9H,(H,22,23,24). The monoisotopic (exact) mass is 398 g/mol. The number of alkyl halides is 3. The summed E-state index contributed by atoms with van der Waals surface area (Å²) in [4.78, 5) is 16.5. The Morgan fingerprint density at radius 1 is 1.12 bits per heavy atom. The predicted octanol–water partition coefficient (Wildman–Crippen LogP) is 5.61. The van der Waals surface area contributed by atoms with Crippen LogP contribution in [-0.4, -0.2) is 17.3 Å². The molecule has 0 saturated heterocycles. The van der Waals surface area contributed by atoms with Crippen molar-refractivity contribution < 1.29 is 22.7 Å². The summed E-state index contributed by atoms with van der Waals surface area (Å²) in [6, 6.07) is 11.8. The maximum atomic E-state index is 12.2. The average Bonchev–Trinajstić information content (AvgIpc) is 3.02. The van der Waals surface area contributed by atoms with Gasteiger partial charge in [0.25, 0.3) is 5.91 Å². The first kappa shape index (κ1) is 18.2. The molecule has 0 aliphatic rings. The molecule has 9 heteroatoms. The van der Waals surface area contributed by atoms with Crippen molar-refractivity contribution in [2.24, 2.45) is 0 Å². The third-order valence-electron chi connectivity index (χ3n) is 3.22. The van der Waals surface area contributed by atoms with E-state index < -0.39 is 18.0 Å². The van der Waals surface area contributed by atoms with Crippen molar-refractivity contribution in [3.05, 3.63) is 64.5 Å². The van der Waals surface area contributed by atoms with Crippen molar-refractivity contribution in [3.8, 4) is 17.0 Å². The van der Waals surface area contributed by atoms with Crippen molar-refractivity contribution in [1.29, 1.82) is 0 Å². The molecular formula is C17H10ClF3N2O2S. The van der Waals surface area contributed by atoms with Crippen LogP contribution in [0.1, 0.15) is 10.4 Å². The van der Waals surface area contributed by atoms with Gasteiger partial charge < -0.3 is 4.74 Å². The lowest BCUT2D eigenvalue weighted by molar-refractivity contribution is -0.274. The van der Waals surface area contributed by atoms with E-state index in [0.717, 1.165) is 17.7 Å². The molecule has 0 radical (unpaired) electrons. The highest BCUT2D eigenvalue weighted by Gasteiger charge is 2.31. The largest absolute Gasteiger partial charge is 0.573 e. The second-order valence-electron chi connectivity index (χ2n) is 5.04. The molecule has 3 aromatic rings. The number of thiazole rings is 1. The van der Waals surface area contributed by atoms with Crippen LogP contribution in [0.5, 0.6) is 5.75 Å². The third kappa shape index (κ3) is 4.53. The number of amides is 1. The Morgan fingerprint density at radius 3 is 2.46 bits per heavy atom. The molecular weight excluding hydrogens is 389 g/mol. The predicted molar refractivity (Wildman–Crippen MR) is 93.6 cm³/mol. The highest BCUT2D eigenvalue weighted by atomic mass is 35.5. The Hall–Kier alpha value is -2.58. The van der Waals surface area contributed by atoms with E-state index in [0.29, 0.717) is 15.8 Å². The number of nitrogens with zero attached hydrogens (tertiary/aromatic N) is 1. The molecule has 0 fully saturated rings. The maximum absolute atomic E-state index is 12.2. The normalized spacial score (nSPS) is 11.2. The summed E-state index contributed by atoms with van der Waals surface area (Å²) < 4.78 is 40.2. The topological polar surface area (TPSA) is 51.2 Å². The molecule has 134 valence electrons. The first-order valence-corrected chi connectivity index (χ1v) is 8.45. The van der Waals surface area contributed by atoms with Crippen molar-refractivity contribution in [2.45, 2.75) is 6.36 Å². The van der Waals surface area contributed by atoms with Gasteiger partial charge in [0.05, 0.1) is 5.69 Å². The van der Waals surface area contributed by atoms with Gasteiger partial charge in [-0.2, -0.15) is 0 Å². The quantitative estimate of drug-likeness (QED) is 0.621. The number of benzene rings is 2. The third-order valence-corrected chi connectivity index (χ3v) is 4.31. The lowest BCUT2D eigenvalue weighted by Gasteiger charge is -2.09. The van der Waals surface area contributed by atoms with E-state index in [1.165, 1.54) is 23.5 Å². The second kappa shape index (κ2) is 7.35. The molecule has 0 spiro atoms. The molecule has 0 unspecified atom stereocenters. The lowest BCUT2D eigenvalue weighted by Crippen LogP contribution is -2.17. The lowest BCUT2D eigenvalue weighted by atomic mass is 10.2. The zero-order valence-corrected chi connectivity index (χ0v) is 14.5. The Labute approximate surface area is 155 Å². The highest BCUT2D eigenvalue weighted by molar-refractivity contribution is 7.14. The molecule has 0 aliphatic heterocycles. The fourth-order valence-electron chi connectivity index (χ4n) is 2.10. The smallest absolute Gasteiger partial charge is 0.406 e. The first-order valence-electron chi connectivity index (χ1n) is 7.19. The summed E-state index contributed by atoms with van der Waals surface area (Å²) in [5.74, 6) is -0.895. The summed E-state index contributed by atoms with van der Waals surface area (Å²) in [6.07, 6.45) is -4.78. The minimum absolute atomic E-state index is 0.175. The number of carbonyl (C=O) groups excluding carboxylic acids is 1. The van der Waals surface area contributed by atoms with Crippen LogP contribution in [0.4, 0.5) is 18.3 Å². The van der Waals surface area contributed by atoms with Gasteiger partial charge in [0.2, 0.25) is 0 Å². The number of carbonyl (C=O) groups is 1. The number of nitrogens with one attached hydrogen (secondary N) is 1. The van der Waals surface area contributed by atoms with E-state index in [4.69, 9.17) is 11.6 Å². The average molecular weight is 399 g/mol. The summed E-state index contributed by atoms with van der Waals surface area (Å²) in [5.41, 5.74) is 1.53. The van der Waals surface area contributed by atoms with Crippen molar-refractivity contribution in [1.82, 2.24) is 4.98 Å². The number of hydrogen-bond acceptors (Lipinski definition) is 4. The van der Waals surface area contributed by atoms with Crippen LogP contribution in [-0.2, 0) is 0 Å². The fraction of sp³-hybridized carbons (Fsp3) is 0.0588. The summed E-state index contributed by atoms with van der Waals surface area (Å²) in [6.45, 7) is 0. The van der Waals surface area contributed by atoms with Crippen molar-refractivity contribution >= 4 is 34.0 Å². The van der Waals surface area contributed by atoms with Crippen LogP contribution in [0.3, 0.4) is 0 Å². The molecule has 1 aromatic heterocycles. The maximum Gasteiger partial charge on any atom is 0.573 e. The molecule has 1 heterocycles. The van der Waals surface area contributed by atoms with Gasteiger partial charge >= 0.3 is 6.36 Å². The zero-order valence-electron chi connectivity index (χ0n) is 12.9. The van der Waals surface area contributed by atoms with Gasteiger partial charge in [-0.1, -0.05) is 29.8 Å². The first-order chi connectivity index (χ1) is 12.3. The molecule has 26 heavy (non-hydrogen) atoms. The summed E-state index contributed by atoms with van der Waals surface area (Å²) in [7, 11) is 0. The van der Waals surface area contributed by atoms with Crippen LogP contribution < -0.4 is 10.1 Å². The minimum atomic E-state index is -4.78. The number of aromatic nitrogens is 1. The minimum Gasteiger partial charge on any atom is -0.406 e.